The summed E-state index contributed by atoms with van der Waals surface area (Å²) in [7, 11) is 2.81. The van der Waals surface area contributed by atoms with Gasteiger partial charge in [0.05, 0.1) is 0 Å². The quantitative estimate of drug-likeness (QED) is 0.282. The summed E-state index contributed by atoms with van der Waals surface area (Å²) in [6, 6.07) is 0. The molecule has 0 rings (SSSR count). The van der Waals surface area contributed by atoms with Crippen LogP contribution in [0.3, 0.4) is 0 Å². The van der Waals surface area contributed by atoms with Crippen molar-refractivity contribution < 1.29 is 31.1 Å². The first kappa shape index (κ1) is 16.3. The van der Waals surface area contributed by atoms with Gasteiger partial charge in [-0.05, 0) is 10.4 Å². The van der Waals surface area contributed by atoms with E-state index in [-0.39, 0.29) is 38.5 Å². The fourth-order valence-corrected chi connectivity index (χ4v) is 0. The summed E-state index contributed by atoms with van der Waals surface area (Å²) in [4.78, 5) is 2.25. The first-order valence-electron chi connectivity index (χ1n) is 0.716. The maximum absolute atomic E-state index is 7.27. The van der Waals surface area contributed by atoms with Crippen molar-refractivity contribution >= 4 is 0 Å². The molecule has 0 aromatic heterocycles. The van der Waals surface area contributed by atoms with Crippen molar-refractivity contribution in [1.82, 2.24) is 0 Å². The summed E-state index contributed by atoms with van der Waals surface area (Å²) < 4.78 is 0. The zero-order valence-electron chi connectivity index (χ0n) is 3.55. The number of nitrogens with zero attached hydrogens (tertiary/aromatic N) is 3. The Morgan fingerprint density at radius 1 is 1.67 bits per heavy atom. The van der Waals surface area contributed by atoms with Gasteiger partial charge in [-0.3, -0.25) is 5.11 Å². The van der Waals surface area contributed by atoms with E-state index in [2.05, 4.69) is 17.1 Å². The Balaban J connectivity index is -0.0000000450. The Morgan fingerprint density at radius 3 is 1.83 bits per heavy atom. The van der Waals surface area contributed by atoms with Gasteiger partial charge in [0.25, 0.3) is 0 Å². The average molecular weight is 309 g/mol. The van der Waals surface area contributed by atoms with Crippen molar-refractivity contribution in [3.8, 4) is 0 Å². The zero-order valence-corrected chi connectivity index (χ0v) is 7.71. The molecular formula is C2H5N3U. The summed E-state index contributed by atoms with van der Waals surface area (Å²) in [6.45, 7) is 0. The number of azide groups is 1. The molecule has 4 heteroatoms. The molecule has 3 nitrogen and oxygen atoms in total. The Hall–Kier alpha value is 0.232. The minimum absolute atomic E-state index is 0. The normalized spacial score (nSPS) is 2.67. The molecule has 0 spiro atoms. The molecule has 0 N–H and O–H groups in total. The molecule has 0 saturated heterocycles. The van der Waals surface area contributed by atoms with E-state index in [1.54, 1.807) is 0 Å². The van der Waals surface area contributed by atoms with Gasteiger partial charge in [-0.15, -0.1) is 0 Å². The summed E-state index contributed by atoms with van der Waals surface area (Å²) in [5.74, 6) is 0. The van der Waals surface area contributed by atoms with E-state index >= 15 is 0 Å². The van der Waals surface area contributed by atoms with Crippen LogP contribution < -0.4 is 0 Å². The molecule has 0 unspecified atom stereocenters. The van der Waals surface area contributed by atoms with Crippen LogP contribution in [0.2, 0.25) is 0 Å². The van der Waals surface area contributed by atoms with Crippen molar-refractivity contribution in [2.24, 2.45) is 5.11 Å². The van der Waals surface area contributed by atoms with Gasteiger partial charge in [-0.25, -0.2) is 0 Å². The number of hydrogen-bond donors (Lipinski definition) is 0. The average Bonchev–Trinajstić information content (AvgIpc) is 1.37. The largest absolute Gasteiger partial charge is 2.00 e. The maximum atomic E-state index is 7.27. The molecule has 0 aliphatic heterocycles. The molecule has 0 atom stereocenters. The number of hydrogen-bond acceptors (Lipinski definition) is 1. The molecule has 0 amide bonds. The van der Waals surface area contributed by atoms with Crippen LogP contribution in [0.15, 0.2) is 5.11 Å². The molecule has 0 aliphatic carbocycles. The monoisotopic (exact) mass is 309 g/mol. The Bertz CT molecular complexity index is 46.8. The van der Waals surface area contributed by atoms with Crippen LogP contribution in [0.5, 0.6) is 0 Å². The molecule has 0 fully saturated rings. The van der Waals surface area contributed by atoms with E-state index in [0.29, 0.717) is 0 Å². The second-order valence-electron chi connectivity index (χ2n) is 0.231. The minimum Gasteiger partial charge on any atom is -0.358 e. The first-order valence-corrected chi connectivity index (χ1v) is 0.716. The predicted molar refractivity (Wildman–Crippen MR) is 20.9 cm³/mol. The van der Waals surface area contributed by atoms with Crippen LogP contribution in [0.1, 0.15) is 0 Å². The fraction of sp³-hybridized carbons (Fsp3) is 0. The SMILES string of the molecule is [CH2-]N=[N+]=[N-].[CH3-].[U+2]. The molecule has 0 aromatic rings. The fourth-order valence-electron chi connectivity index (χ4n) is 0. The zero-order chi connectivity index (χ0) is 3.41. The summed E-state index contributed by atoms with van der Waals surface area (Å²) in [6.07, 6.45) is 0. The molecular weight excluding hydrogens is 304 g/mol. The van der Waals surface area contributed by atoms with Gasteiger partial charge in [0.1, 0.15) is 0 Å². The van der Waals surface area contributed by atoms with Crippen molar-refractivity contribution in [2.75, 3.05) is 0 Å². The van der Waals surface area contributed by atoms with Crippen LogP contribution >= 0.6 is 0 Å². The topological polar surface area (TPSA) is 48.8 Å². The molecule has 0 bridgehead atoms. The smallest absolute Gasteiger partial charge is 0.358 e. The van der Waals surface area contributed by atoms with Crippen LogP contribution in [0.4, 0.5) is 0 Å². The van der Waals surface area contributed by atoms with Crippen molar-refractivity contribution in [3.63, 3.8) is 0 Å². The Labute approximate surface area is 61.1 Å². The minimum atomic E-state index is 0. The van der Waals surface area contributed by atoms with Gasteiger partial charge < -0.3 is 14.5 Å². The van der Waals surface area contributed by atoms with Crippen LogP contribution in [-0.4, -0.2) is 0 Å². The van der Waals surface area contributed by atoms with Crippen LogP contribution in [0, 0.1) is 45.6 Å². The second kappa shape index (κ2) is 18.8. The second-order valence-corrected chi connectivity index (χ2v) is 0.231. The van der Waals surface area contributed by atoms with E-state index in [9.17, 15) is 0 Å². The first-order chi connectivity index (χ1) is 1.91. The van der Waals surface area contributed by atoms with Gasteiger partial charge in [-0.2, -0.15) is 0 Å². The number of rotatable bonds is 0. The van der Waals surface area contributed by atoms with E-state index in [4.69, 9.17) is 5.53 Å². The van der Waals surface area contributed by atoms with Gasteiger partial charge in [-0.1, -0.05) is 0 Å². The molecule has 0 aliphatic rings. The third-order valence-electron chi connectivity index (χ3n) is 0.0632. The Morgan fingerprint density at radius 2 is 1.83 bits per heavy atom. The Kier molecular flexibility index (Phi) is 51.2. The maximum Gasteiger partial charge on any atom is 2.00 e. The van der Waals surface area contributed by atoms with Crippen molar-refractivity contribution in [1.29, 1.82) is 0 Å². The van der Waals surface area contributed by atoms with E-state index in [0.717, 1.165) is 0 Å². The van der Waals surface area contributed by atoms with Gasteiger partial charge in [0.2, 0.25) is 0 Å². The van der Waals surface area contributed by atoms with Gasteiger partial charge in [0, 0.05) is 0 Å². The summed E-state index contributed by atoms with van der Waals surface area (Å²) in [5.41, 5.74) is 7.27. The van der Waals surface area contributed by atoms with Crippen LogP contribution in [-0.2, 0) is 0 Å². The summed E-state index contributed by atoms with van der Waals surface area (Å²) >= 11 is 0. The summed E-state index contributed by atoms with van der Waals surface area (Å²) in [5, 5.41) is 2.67. The van der Waals surface area contributed by atoms with E-state index in [1.807, 2.05) is 0 Å². The standard InChI is InChI=1S/CH2N3.CH3.U/c1-3-4-2;;/h1H2;1H3;/q2*-1;+2. The molecule has 6 heavy (non-hydrogen) atoms. The van der Waals surface area contributed by atoms with E-state index < -0.39 is 0 Å². The molecule has 0 aromatic carbocycles. The molecule has 32 valence electrons. The van der Waals surface area contributed by atoms with Crippen LogP contribution in [0.25, 0.3) is 10.4 Å². The molecule has 0 heterocycles. The predicted octanol–water partition coefficient (Wildman–Crippen LogP) is 1.54. The third kappa shape index (κ3) is 29.1. The third-order valence-corrected chi connectivity index (χ3v) is 0.0632. The van der Waals surface area contributed by atoms with Gasteiger partial charge in [0.15, 0.2) is 0 Å². The van der Waals surface area contributed by atoms with Crippen molar-refractivity contribution in [2.45, 2.75) is 0 Å². The van der Waals surface area contributed by atoms with Crippen molar-refractivity contribution in [3.05, 3.63) is 24.9 Å². The van der Waals surface area contributed by atoms with E-state index in [1.165, 1.54) is 0 Å². The molecule has 0 radical (unpaired) electrons. The molecule has 0 saturated carbocycles. The van der Waals surface area contributed by atoms with Gasteiger partial charge >= 0.3 is 31.1 Å².